The highest BCUT2D eigenvalue weighted by Gasteiger charge is 2.23. The Labute approximate surface area is 202 Å². The molecule has 2 aromatic carbocycles. The summed E-state index contributed by atoms with van der Waals surface area (Å²) >= 11 is 19.5. The van der Waals surface area contributed by atoms with Gasteiger partial charge < -0.3 is 10.1 Å². The highest BCUT2D eigenvalue weighted by molar-refractivity contribution is 7.19. The van der Waals surface area contributed by atoms with Crippen molar-refractivity contribution in [3.05, 3.63) is 80.6 Å². The smallest absolute Gasteiger partial charge is 0.339 e. The number of esters is 1. The van der Waals surface area contributed by atoms with Crippen LogP contribution >= 0.6 is 46.1 Å². The molecule has 2 aromatic heterocycles. The van der Waals surface area contributed by atoms with E-state index in [1.807, 2.05) is 18.2 Å². The number of thiophene rings is 1. The number of anilines is 1. The van der Waals surface area contributed by atoms with Crippen molar-refractivity contribution in [1.29, 1.82) is 0 Å². The average Bonchev–Trinajstić information content (AvgIpc) is 3.22. The number of amides is 1. The summed E-state index contributed by atoms with van der Waals surface area (Å²) in [6, 6.07) is 17.3. The van der Waals surface area contributed by atoms with Crippen LogP contribution in [0.3, 0.4) is 0 Å². The average molecular weight is 506 g/mol. The van der Waals surface area contributed by atoms with Crippen molar-refractivity contribution in [2.24, 2.45) is 0 Å². The topological polar surface area (TPSA) is 68.3 Å². The minimum atomic E-state index is -1.08. The molecule has 0 radical (unpaired) electrons. The van der Waals surface area contributed by atoms with Crippen molar-refractivity contribution in [3.63, 3.8) is 0 Å². The van der Waals surface area contributed by atoms with Gasteiger partial charge in [-0.2, -0.15) is 0 Å². The number of fused-ring (bicyclic) bond motifs is 1. The largest absolute Gasteiger partial charge is 0.449 e. The van der Waals surface area contributed by atoms with Crippen LogP contribution in [-0.4, -0.2) is 23.0 Å². The SMILES string of the molecule is C[C@H](OC(=O)c1cc(-c2ccc(Cl)s2)nc2ccccc12)C(=O)Nc1cccc(Cl)c1Cl. The van der Waals surface area contributed by atoms with Gasteiger partial charge >= 0.3 is 5.97 Å². The first-order valence-corrected chi connectivity index (χ1v) is 11.4. The Hall–Kier alpha value is -2.64. The Morgan fingerprint density at radius 3 is 2.56 bits per heavy atom. The van der Waals surface area contributed by atoms with Crippen LogP contribution in [-0.2, 0) is 9.53 Å². The molecule has 0 aliphatic rings. The van der Waals surface area contributed by atoms with Crippen LogP contribution in [0, 0.1) is 0 Å². The van der Waals surface area contributed by atoms with E-state index in [1.165, 1.54) is 18.3 Å². The molecule has 5 nitrogen and oxygen atoms in total. The van der Waals surface area contributed by atoms with Gasteiger partial charge in [0.05, 0.1) is 41.7 Å². The quantitative estimate of drug-likeness (QED) is 0.294. The number of para-hydroxylation sites is 1. The molecule has 0 aliphatic heterocycles. The predicted octanol–water partition coefficient (Wildman–Crippen LogP) is 7.11. The minimum Gasteiger partial charge on any atom is -0.449 e. The summed E-state index contributed by atoms with van der Waals surface area (Å²) in [6.07, 6.45) is -1.08. The number of aromatic nitrogens is 1. The summed E-state index contributed by atoms with van der Waals surface area (Å²) in [4.78, 5) is 31.1. The number of pyridine rings is 1. The number of ether oxygens (including phenoxy) is 1. The van der Waals surface area contributed by atoms with Gasteiger partial charge in [0.1, 0.15) is 0 Å². The Morgan fingerprint density at radius 2 is 1.81 bits per heavy atom. The second-order valence-corrected chi connectivity index (χ2v) is 9.31. The molecular formula is C23H15Cl3N2O3S. The lowest BCUT2D eigenvalue weighted by Gasteiger charge is -2.15. The minimum absolute atomic E-state index is 0.209. The number of halogens is 3. The van der Waals surface area contributed by atoms with Crippen LogP contribution in [0.15, 0.2) is 60.7 Å². The third-order valence-electron chi connectivity index (χ3n) is 4.62. The summed E-state index contributed by atoms with van der Waals surface area (Å²) in [5.41, 5.74) is 1.86. The van der Waals surface area contributed by atoms with Crippen molar-refractivity contribution < 1.29 is 14.3 Å². The van der Waals surface area contributed by atoms with Crippen molar-refractivity contribution in [2.75, 3.05) is 5.32 Å². The number of hydrogen-bond donors (Lipinski definition) is 1. The number of carbonyl (C=O) groups is 2. The lowest BCUT2D eigenvalue weighted by Crippen LogP contribution is -2.30. The van der Waals surface area contributed by atoms with E-state index in [4.69, 9.17) is 39.5 Å². The lowest BCUT2D eigenvalue weighted by atomic mass is 10.1. The van der Waals surface area contributed by atoms with Gasteiger partial charge in [-0.1, -0.05) is 59.1 Å². The van der Waals surface area contributed by atoms with Crippen molar-refractivity contribution in [2.45, 2.75) is 13.0 Å². The third-order valence-corrected chi connectivity index (χ3v) is 6.70. The zero-order valence-corrected chi connectivity index (χ0v) is 19.6. The van der Waals surface area contributed by atoms with Crippen molar-refractivity contribution >= 4 is 74.6 Å². The van der Waals surface area contributed by atoms with Gasteiger partial charge in [-0.15, -0.1) is 11.3 Å². The van der Waals surface area contributed by atoms with E-state index in [2.05, 4.69) is 10.3 Å². The van der Waals surface area contributed by atoms with Gasteiger partial charge in [0, 0.05) is 5.39 Å². The molecule has 0 saturated carbocycles. The van der Waals surface area contributed by atoms with Gasteiger partial charge in [0.25, 0.3) is 5.91 Å². The van der Waals surface area contributed by atoms with Gasteiger partial charge in [-0.25, -0.2) is 9.78 Å². The Morgan fingerprint density at radius 1 is 1.03 bits per heavy atom. The van der Waals surface area contributed by atoms with E-state index >= 15 is 0 Å². The molecule has 1 amide bonds. The fourth-order valence-electron chi connectivity index (χ4n) is 3.03. The van der Waals surface area contributed by atoms with E-state index in [0.717, 1.165) is 4.88 Å². The van der Waals surface area contributed by atoms with Gasteiger partial charge in [0.2, 0.25) is 0 Å². The first-order chi connectivity index (χ1) is 15.3. The molecule has 0 saturated heterocycles. The molecule has 0 aliphatic carbocycles. The molecular weight excluding hydrogens is 491 g/mol. The van der Waals surface area contributed by atoms with E-state index < -0.39 is 18.0 Å². The van der Waals surface area contributed by atoms with Crippen molar-refractivity contribution in [3.8, 4) is 10.6 Å². The molecule has 9 heteroatoms. The predicted molar refractivity (Wildman–Crippen MR) is 130 cm³/mol. The van der Waals surface area contributed by atoms with Gasteiger partial charge in [-0.05, 0) is 43.3 Å². The molecule has 0 unspecified atom stereocenters. The molecule has 0 spiro atoms. The summed E-state index contributed by atoms with van der Waals surface area (Å²) in [7, 11) is 0. The molecule has 162 valence electrons. The maximum Gasteiger partial charge on any atom is 0.339 e. The summed E-state index contributed by atoms with van der Waals surface area (Å²) in [5, 5.41) is 3.76. The number of nitrogens with zero attached hydrogens (tertiary/aromatic N) is 1. The fourth-order valence-corrected chi connectivity index (χ4v) is 4.39. The van der Waals surface area contributed by atoms with Gasteiger partial charge in [0.15, 0.2) is 6.10 Å². The summed E-state index contributed by atoms with van der Waals surface area (Å²) in [6.45, 7) is 1.48. The molecule has 32 heavy (non-hydrogen) atoms. The maximum absolute atomic E-state index is 13.0. The van der Waals surface area contributed by atoms with E-state index in [1.54, 1.807) is 42.5 Å². The number of hydrogen-bond acceptors (Lipinski definition) is 5. The molecule has 0 bridgehead atoms. The van der Waals surface area contributed by atoms with Gasteiger partial charge in [-0.3, -0.25) is 4.79 Å². The van der Waals surface area contributed by atoms with E-state index in [9.17, 15) is 9.59 Å². The third kappa shape index (κ3) is 4.74. The second kappa shape index (κ2) is 9.46. The maximum atomic E-state index is 13.0. The van der Waals surface area contributed by atoms with E-state index in [0.29, 0.717) is 37.2 Å². The van der Waals surface area contributed by atoms with Crippen LogP contribution in [0.5, 0.6) is 0 Å². The fraction of sp³-hybridized carbons (Fsp3) is 0.0870. The zero-order valence-electron chi connectivity index (χ0n) is 16.6. The lowest BCUT2D eigenvalue weighted by molar-refractivity contribution is -0.123. The summed E-state index contributed by atoms with van der Waals surface area (Å²) < 4.78 is 6.08. The highest BCUT2D eigenvalue weighted by atomic mass is 35.5. The van der Waals surface area contributed by atoms with Crippen LogP contribution in [0.1, 0.15) is 17.3 Å². The van der Waals surface area contributed by atoms with Crippen LogP contribution < -0.4 is 5.32 Å². The van der Waals surface area contributed by atoms with Crippen LogP contribution in [0.2, 0.25) is 14.4 Å². The van der Waals surface area contributed by atoms with Crippen LogP contribution in [0.25, 0.3) is 21.5 Å². The molecule has 4 aromatic rings. The summed E-state index contributed by atoms with van der Waals surface area (Å²) in [5.74, 6) is -1.18. The molecule has 0 fully saturated rings. The molecule has 1 N–H and O–H groups in total. The number of carbonyl (C=O) groups excluding carboxylic acids is 2. The Kier molecular flexibility index (Phi) is 6.67. The Balaban J connectivity index is 1.60. The second-order valence-electron chi connectivity index (χ2n) is 6.81. The molecule has 2 heterocycles. The first-order valence-electron chi connectivity index (χ1n) is 9.45. The molecule has 4 rings (SSSR count). The standard InChI is InChI=1S/C23H15Cl3N2O3S/c1-12(22(29)28-17-8-4-6-15(24)21(17)26)31-23(30)14-11-18(19-9-10-20(25)32-19)27-16-7-3-2-5-13(14)16/h2-12H,1H3,(H,28,29)/t12-/m0/s1. The monoisotopic (exact) mass is 504 g/mol. The molecule has 1 atom stereocenters. The normalized spacial score (nSPS) is 11.9. The zero-order chi connectivity index (χ0) is 22.8. The van der Waals surface area contributed by atoms with Crippen LogP contribution in [0.4, 0.5) is 5.69 Å². The van der Waals surface area contributed by atoms with E-state index in [-0.39, 0.29) is 5.02 Å². The number of benzene rings is 2. The Bertz CT molecular complexity index is 1340. The first kappa shape index (κ1) is 22.6. The number of nitrogens with one attached hydrogen (secondary N) is 1. The van der Waals surface area contributed by atoms with Crippen molar-refractivity contribution in [1.82, 2.24) is 4.98 Å². The number of rotatable bonds is 5. The highest BCUT2D eigenvalue weighted by Crippen LogP contribution is 2.33.